The maximum atomic E-state index is 6.17. The molecule has 1 aromatic heterocycles. The number of fused-ring (bicyclic) bond motifs is 1. The molecule has 0 aliphatic heterocycles. The maximum Gasteiger partial charge on any atom is 0.0648 e. The quantitative estimate of drug-likeness (QED) is 0.798. The lowest BCUT2D eigenvalue weighted by Gasteiger charge is -2.00. The first-order valence-corrected chi connectivity index (χ1v) is 7.26. The summed E-state index contributed by atoms with van der Waals surface area (Å²) in [5.41, 5.74) is 3.76. The largest absolute Gasteiger partial charge is 0.357 e. The first-order valence-electron chi connectivity index (χ1n) is 5.48. The van der Waals surface area contributed by atoms with Gasteiger partial charge in [0.1, 0.15) is 0 Å². The van der Waals surface area contributed by atoms with E-state index < -0.39 is 0 Å². The molecule has 0 unspecified atom stereocenters. The fraction of sp³-hybridized carbons (Fsp3) is 0.385. The number of para-hydroxylation sites is 1. The van der Waals surface area contributed by atoms with E-state index in [4.69, 9.17) is 11.6 Å². The van der Waals surface area contributed by atoms with E-state index in [1.54, 1.807) is 0 Å². The number of halogens is 1. The third kappa shape index (κ3) is 2.23. The number of aromatic nitrogens is 1. The average Bonchev–Trinajstić information content (AvgIpc) is 2.58. The molecule has 0 atom stereocenters. The van der Waals surface area contributed by atoms with Crippen molar-refractivity contribution in [1.82, 2.24) is 4.98 Å². The molecule has 16 heavy (non-hydrogen) atoms. The van der Waals surface area contributed by atoms with Gasteiger partial charge in [0.2, 0.25) is 0 Å². The molecule has 0 aliphatic carbocycles. The zero-order chi connectivity index (χ0) is 11.5. The smallest absolute Gasteiger partial charge is 0.0648 e. The summed E-state index contributed by atoms with van der Waals surface area (Å²) in [6, 6.07) is 6.11. The van der Waals surface area contributed by atoms with Crippen LogP contribution in [0.3, 0.4) is 0 Å². The van der Waals surface area contributed by atoms with Crippen LogP contribution in [0, 0.1) is 6.92 Å². The lowest BCUT2D eigenvalue weighted by Crippen LogP contribution is -1.88. The molecule has 0 amide bonds. The minimum atomic E-state index is 0.816. The van der Waals surface area contributed by atoms with E-state index in [0.717, 1.165) is 17.0 Å². The topological polar surface area (TPSA) is 15.8 Å². The van der Waals surface area contributed by atoms with Gasteiger partial charge in [-0.1, -0.05) is 23.7 Å². The van der Waals surface area contributed by atoms with Crippen LogP contribution in [0.25, 0.3) is 10.9 Å². The molecule has 0 bridgehead atoms. The molecule has 1 heterocycles. The van der Waals surface area contributed by atoms with Crippen molar-refractivity contribution in [1.29, 1.82) is 0 Å². The highest BCUT2D eigenvalue weighted by Crippen LogP contribution is 2.28. The Balaban J connectivity index is 2.36. The van der Waals surface area contributed by atoms with E-state index in [0.29, 0.717) is 0 Å². The average molecular weight is 254 g/mol. The molecule has 0 saturated heterocycles. The van der Waals surface area contributed by atoms with Gasteiger partial charge in [0, 0.05) is 11.1 Å². The summed E-state index contributed by atoms with van der Waals surface area (Å²) >= 11 is 8.07. The predicted octanol–water partition coefficient (Wildman–Crippen LogP) is 4.43. The molecule has 1 aromatic carbocycles. The van der Waals surface area contributed by atoms with Gasteiger partial charge in [-0.25, -0.2) is 0 Å². The van der Waals surface area contributed by atoms with E-state index in [9.17, 15) is 0 Å². The summed E-state index contributed by atoms with van der Waals surface area (Å²) in [4.78, 5) is 3.38. The third-order valence-corrected chi connectivity index (χ3v) is 3.89. The molecule has 86 valence electrons. The summed E-state index contributed by atoms with van der Waals surface area (Å²) < 4.78 is 0. The van der Waals surface area contributed by atoms with Gasteiger partial charge in [-0.3, -0.25) is 0 Å². The van der Waals surface area contributed by atoms with Gasteiger partial charge >= 0.3 is 0 Å². The van der Waals surface area contributed by atoms with Crippen LogP contribution in [0.2, 0.25) is 5.02 Å². The van der Waals surface area contributed by atoms with Crippen molar-refractivity contribution in [3.8, 4) is 0 Å². The van der Waals surface area contributed by atoms with Crippen molar-refractivity contribution < 1.29 is 0 Å². The maximum absolute atomic E-state index is 6.17. The lowest BCUT2D eigenvalue weighted by atomic mass is 10.1. The number of rotatable bonds is 4. The zero-order valence-corrected chi connectivity index (χ0v) is 11.2. The van der Waals surface area contributed by atoms with Gasteiger partial charge < -0.3 is 4.98 Å². The van der Waals surface area contributed by atoms with E-state index >= 15 is 0 Å². The van der Waals surface area contributed by atoms with Crippen LogP contribution in [-0.2, 0) is 6.42 Å². The summed E-state index contributed by atoms with van der Waals surface area (Å²) in [6.45, 7) is 2.13. The number of hydrogen-bond donors (Lipinski definition) is 1. The third-order valence-electron chi connectivity index (χ3n) is 2.88. The zero-order valence-electron chi connectivity index (χ0n) is 9.64. The van der Waals surface area contributed by atoms with Crippen molar-refractivity contribution in [2.75, 3.05) is 12.0 Å². The van der Waals surface area contributed by atoms with E-state index in [1.165, 1.54) is 28.8 Å². The summed E-state index contributed by atoms with van der Waals surface area (Å²) in [7, 11) is 0. The van der Waals surface area contributed by atoms with Crippen LogP contribution >= 0.6 is 23.4 Å². The van der Waals surface area contributed by atoms with Crippen molar-refractivity contribution in [2.45, 2.75) is 19.8 Å². The van der Waals surface area contributed by atoms with Gasteiger partial charge in [-0.05, 0) is 43.4 Å². The number of aryl methyl sites for hydroxylation is 2. The van der Waals surface area contributed by atoms with Crippen molar-refractivity contribution in [2.24, 2.45) is 0 Å². The SMILES string of the molecule is CSCCCc1c(C)[nH]c2c(Cl)cccc12. The number of hydrogen-bond acceptors (Lipinski definition) is 1. The minimum Gasteiger partial charge on any atom is -0.357 e. The second kappa shape index (κ2) is 5.15. The first kappa shape index (κ1) is 11.9. The molecule has 2 rings (SSSR count). The number of benzene rings is 1. The van der Waals surface area contributed by atoms with Crippen molar-refractivity contribution >= 4 is 34.3 Å². The molecule has 0 radical (unpaired) electrons. The number of H-pyrrole nitrogens is 1. The molecule has 0 aliphatic rings. The van der Waals surface area contributed by atoms with Crippen molar-refractivity contribution in [3.05, 3.63) is 34.5 Å². The van der Waals surface area contributed by atoms with E-state index in [1.807, 2.05) is 23.9 Å². The highest BCUT2D eigenvalue weighted by Gasteiger charge is 2.09. The Morgan fingerprint density at radius 1 is 1.38 bits per heavy atom. The Hall–Kier alpha value is -0.600. The van der Waals surface area contributed by atoms with E-state index in [-0.39, 0.29) is 0 Å². The normalized spacial score (nSPS) is 11.2. The molecule has 3 heteroatoms. The molecule has 0 spiro atoms. The Kier molecular flexibility index (Phi) is 3.82. The van der Waals surface area contributed by atoms with Crippen LogP contribution in [-0.4, -0.2) is 17.0 Å². The Bertz CT molecular complexity index is 490. The number of thioether (sulfide) groups is 1. The van der Waals surface area contributed by atoms with Gasteiger partial charge in [0.25, 0.3) is 0 Å². The Morgan fingerprint density at radius 3 is 2.94 bits per heavy atom. The van der Waals surface area contributed by atoms with Gasteiger partial charge in [0.05, 0.1) is 10.5 Å². The fourth-order valence-electron chi connectivity index (χ4n) is 2.08. The second-order valence-corrected chi connectivity index (χ2v) is 5.38. The van der Waals surface area contributed by atoms with Crippen LogP contribution in [0.4, 0.5) is 0 Å². The second-order valence-electron chi connectivity index (χ2n) is 3.99. The van der Waals surface area contributed by atoms with Crippen LogP contribution in [0.5, 0.6) is 0 Å². The molecule has 0 fully saturated rings. The lowest BCUT2D eigenvalue weighted by molar-refractivity contribution is 0.930. The first-order chi connectivity index (χ1) is 7.74. The van der Waals surface area contributed by atoms with Gasteiger partial charge in [-0.15, -0.1) is 0 Å². The standard InChI is InChI=1S/C13H16ClNS/c1-9-10(6-4-8-16-2)11-5-3-7-12(14)13(11)15-9/h3,5,7,15H,4,6,8H2,1-2H3. The van der Waals surface area contributed by atoms with Crippen molar-refractivity contribution in [3.63, 3.8) is 0 Å². The molecular weight excluding hydrogens is 238 g/mol. The van der Waals surface area contributed by atoms with Crippen LogP contribution in [0.1, 0.15) is 17.7 Å². The van der Waals surface area contributed by atoms with Gasteiger partial charge in [-0.2, -0.15) is 11.8 Å². The van der Waals surface area contributed by atoms with Gasteiger partial charge in [0.15, 0.2) is 0 Å². The molecule has 0 saturated carbocycles. The van der Waals surface area contributed by atoms with Crippen LogP contribution in [0.15, 0.2) is 18.2 Å². The summed E-state index contributed by atoms with van der Waals surface area (Å²) in [5.74, 6) is 1.21. The van der Waals surface area contributed by atoms with Crippen LogP contribution < -0.4 is 0 Å². The molecule has 2 aromatic rings. The summed E-state index contributed by atoms with van der Waals surface area (Å²) in [5, 5.41) is 2.10. The predicted molar refractivity (Wildman–Crippen MR) is 74.7 cm³/mol. The Morgan fingerprint density at radius 2 is 2.19 bits per heavy atom. The highest BCUT2D eigenvalue weighted by atomic mass is 35.5. The monoisotopic (exact) mass is 253 g/mol. The molecule has 1 nitrogen and oxygen atoms in total. The number of nitrogens with one attached hydrogen (secondary N) is 1. The fourth-order valence-corrected chi connectivity index (χ4v) is 2.74. The minimum absolute atomic E-state index is 0.816. The molecular formula is C13H16ClNS. The molecule has 1 N–H and O–H groups in total. The summed E-state index contributed by atoms with van der Waals surface area (Å²) in [6.07, 6.45) is 4.51. The highest BCUT2D eigenvalue weighted by molar-refractivity contribution is 7.98. The number of aromatic amines is 1. The Labute approximate surface area is 106 Å². The van der Waals surface area contributed by atoms with E-state index in [2.05, 4.69) is 24.2 Å².